The van der Waals surface area contributed by atoms with E-state index in [1.165, 1.54) is 11.5 Å². The average molecular weight is 370 g/mol. The zero-order valence-corrected chi connectivity index (χ0v) is 15.8. The van der Waals surface area contributed by atoms with Gasteiger partial charge in [-0.25, -0.2) is 4.98 Å². The highest BCUT2D eigenvalue weighted by Gasteiger charge is 2.30. The summed E-state index contributed by atoms with van der Waals surface area (Å²) in [5.41, 5.74) is 1.62. The van der Waals surface area contributed by atoms with Crippen LogP contribution in [-0.2, 0) is 11.8 Å². The van der Waals surface area contributed by atoms with Crippen molar-refractivity contribution in [3.63, 3.8) is 0 Å². The first-order valence-electron chi connectivity index (χ1n) is 8.85. The number of carbonyl (C=O) groups is 1. The van der Waals surface area contributed by atoms with Crippen LogP contribution in [0.15, 0.2) is 30.6 Å². The fourth-order valence-electron chi connectivity index (χ4n) is 3.55. The number of carbonyl (C=O) groups excluding carboxylic acids is 1. The molecule has 26 heavy (non-hydrogen) atoms. The Bertz CT molecular complexity index is 927. The van der Waals surface area contributed by atoms with Crippen molar-refractivity contribution in [1.82, 2.24) is 19.2 Å². The number of benzene rings is 1. The van der Waals surface area contributed by atoms with Crippen LogP contribution in [0.2, 0.25) is 0 Å². The van der Waals surface area contributed by atoms with Gasteiger partial charge in [0.15, 0.2) is 0 Å². The van der Waals surface area contributed by atoms with Crippen LogP contribution in [0.5, 0.6) is 0 Å². The summed E-state index contributed by atoms with van der Waals surface area (Å²) in [5.74, 6) is 1.04. The van der Waals surface area contributed by atoms with Gasteiger partial charge in [0.2, 0.25) is 0 Å². The standard InChI is InChI=1S/C19H22N4O2S/c1-12-3-4-15-14(11-12)17(22-26-15)19(24)21-16(13-5-9-25-10-6-13)18-20-7-8-23(18)2/h3-4,7-8,11,13,16H,5-6,9-10H2,1-2H3,(H,21,24). The smallest absolute Gasteiger partial charge is 0.272 e. The first-order chi connectivity index (χ1) is 12.6. The van der Waals surface area contributed by atoms with Gasteiger partial charge < -0.3 is 14.6 Å². The van der Waals surface area contributed by atoms with E-state index in [9.17, 15) is 4.79 Å². The lowest BCUT2D eigenvalue weighted by atomic mass is 9.91. The highest BCUT2D eigenvalue weighted by Crippen LogP contribution is 2.30. The van der Waals surface area contributed by atoms with Crippen LogP contribution in [0.4, 0.5) is 0 Å². The van der Waals surface area contributed by atoms with Gasteiger partial charge in [0.25, 0.3) is 5.91 Å². The van der Waals surface area contributed by atoms with E-state index >= 15 is 0 Å². The quantitative estimate of drug-likeness (QED) is 0.765. The van der Waals surface area contributed by atoms with Crippen molar-refractivity contribution in [2.45, 2.75) is 25.8 Å². The third-order valence-electron chi connectivity index (χ3n) is 5.00. The molecule has 6 nitrogen and oxygen atoms in total. The molecule has 0 bridgehead atoms. The largest absolute Gasteiger partial charge is 0.381 e. The molecule has 3 aromatic rings. The fraction of sp³-hybridized carbons (Fsp3) is 0.421. The molecule has 1 N–H and O–H groups in total. The van der Waals surface area contributed by atoms with E-state index in [0.29, 0.717) is 11.6 Å². The highest BCUT2D eigenvalue weighted by atomic mass is 32.1. The maximum Gasteiger partial charge on any atom is 0.272 e. The van der Waals surface area contributed by atoms with Crippen molar-refractivity contribution < 1.29 is 9.53 Å². The minimum Gasteiger partial charge on any atom is -0.381 e. The van der Waals surface area contributed by atoms with Crippen molar-refractivity contribution in [2.24, 2.45) is 13.0 Å². The van der Waals surface area contributed by atoms with Gasteiger partial charge in [-0.05, 0) is 49.3 Å². The van der Waals surface area contributed by atoms with E-state index in [2.05, 4.69) is 14.7 Å². The fourth-order valence-corrected chi connectivity index (χ4v) is 4.30. The summed E-state index contributed by atoms with van der Waals surface area (Å²) >= 11 is 1.36. The van der Waals surface area contributed by atoms with Crippen LogP contribution in [0.25, 0.3) is 10.1 Å². The Balaban J connectivity index is 1.65. The second-order valence-electron chi connectivity index (χ2n) is 6.83. The van der Waals surface area contributed by atoms with E-state index in [4.69, 9.17) is 4.74 Å². The summed E-state index contributed by atoms with van der Waals surface area (Å²) in [4.78, 5) is 17.5. The predicted octanol–water partition coefficient (Wildman–Crippen LogP) is 3.24. The Morgan fingerprint density at radius 3 is 2.92 bits per heavy atom. The molecule has 1 fully saturated rings. The lowest BCUT2D eigenvalue weighted by molar-refractivity contribution is 0.0499. The van der Waals surface area contributed by atoms with E-state index in [0.717, 1.165) is 47.5 Å². The molecule has 1 aromatic carbocycles. The molecule has 1 atom stereocenters. The Labute approximate surface area is 156 Å². The molecule has 2 aromatic heterocycles. The minimum atomic E-state index is -0.145. The van der Waals surface area contributed by atoms with Crippen LogP contribution in [-0.4, -0.2) is 33.0 Å². The Hall–Kier alpha value is -2.25. The molecule has 0 aliphatic carbocycles. The molecule has 136 valence electrons. The van der Waals surface area contributed by atoms with Crippen LogP contribution >= 0.6 is 11.5 Å². The lowest BCUT2D eigenvalue weighted by Gasteiger charge is -2.30. The summed E-state index contributed by atoms with van der Waals surface area (Å²) in [5, 5.41) is 4.13. The number of rotatable bonds is 4. The third kappa shape index (κ3) is 3.24. The number of nitrogens with zero attached hydrogens (tertiary/aromatic N) is 3. The highest BCUT2D eigenvalue weighted by molar-refractivity contribution is 7.13. The normalized spacial score (nSPS) is 16.7. The summed E-state index contributed by atoms with van der Waals surface area (Å²) in [6, 6.07) is 5.94. The first-order valence-corrected chi connectivity index (χ1v) is 9.62. The SMILES string of the molecule is Cc1ccc2snc(C(=O)NC(c3nccn3C)C3CCOCC3)c2c1. The number of hydrogen-bond acceptors (Lipinski definition) is 5. The number of nitrogens with one attached hydrogen (secondary N) is 1. The predicted molar refractivity (Wildman–Crippen MR) is 101 cm³/mol. The van der Waals surface area contributed by atoms with Gasteiger partial charge in [0.05, 0.1) is 10.7 Å². The summed E-state index contributed by atoms with van der Waals surface area (Å²) in [6.45, 7) is 3.47. The van der Waals surface area contributed by atoms with E-state index in [1.807, 2.05) is 42.9 Å². The molecule has 0 spiro atoms. The van der Waals surface area contributed by atoms with Crippen molar-refractivity contribution in [3.05, 3.63) is 47.7 Å². The van der Waals surface area contributed by atoms with E-state index < -0.39 is 0 Å². The number of aromatic nitrogens is 3. The topological polar surface area (TPSA) is 69.0 Å². The molecule has 0 saturated carbocycles. The molecule has 1 unspecified atom stereocenters. The van der Waals surface area contributed by atoms with Gasteiger partial charge in [-0.3, -0.25) is 4.79 Å². The maximum absolute atomic E-state index is 13.1. The van der Waals surface area contributed by atoms with Crippen molar-refractivity contribution >= 4 is 27.5 Å². The van der Waals surface area contributed by atoms with E-state index in [-0.39, 0.29) is 11.9 Å². The number of fused-ring (bicyclic) bond motifs is 1. The number of imidazole rings is 1. The molecule has 1 aliphatic rings. The Morgan fingerprint density at radius 2 is 2.19 bits per heavy atom. The van der Waals surface area contributed by atoms with Gasteiger partial charge in [-0.15, -0.1) is 0 Å². The van der Waals surface area contributed by atoms with Crippen LogP contribution in [0.1, 0.15) is 40.8 Å². The maximum atomic E-state index is 13.1. The summed E-state index contributed by atoms with van der Waals surface area (Å²) in [6.07, 6.45) is 5.51. The number of ether oxygens (including phenoxy) is 1. The zero-order valence-electron chi connectivity index (χ0n) is 14.9. The average Bonchev–Trinajstić information content (AvgIpc) is 3.26. The first kappa shape index (κ1) is 17.2. The monoisotopic (exact) mass is 370 g/mol. The molecule has 4 rings (SSSR count). The van der Waals surface area contributed by atoms with Gasteiger partial charge in [0, 0.05) is 38.0 Å². The second-order valence-corrected chi connectivity index (χ2v) is 7.63. The van der Waals surface area contributed by atoms with Crippen molar-refractivity contribution in [1.29, 1.82) is 0 Å². The van der Waals surface area contributed by atoms with Crippen LogP contribution in [0.3, 0.4) is 0 Å². The van der Waals surface area contributed by atoms with Crippen LogP contribution < -0.4 is 5.32 Å². The van der Waals surface area contributed by atoms with Gasteiger partial charge in [0.1, 0.15) is 11.5 Å². The van der Waals surface area contributed by atoms with Crippen molar-refractivity contribution in [3.8, 4) is 0 Å². The zero-order chi connectivity index (χ0) is 18.1. The van der Waals surface area contributed by atoms with Crippen LogP contribution in [0, 0.1) is 12.8 Å². The van der Waals surface area contributed by atoms with Gasteiger partial charge in [-0.1, -0.05) is 11.6 Å². The van der Waals surface area contributed by atoms with Crippen molar-refractivity contribution in [2.75, 3.05) is 13.2 Å². The van der Waals surface area contributed by atoms with Gasteiger partial charge in [-0.2, -0.15) is 4.37 Å². The number of aryl methyl sites for hydroxylation is 2. The molecule has 1 amide bonds. The molecule has 3 heterocycles. The number of hydrogen-bond donors (Lipinski definition) is 1. The molecular weight excluding hydrogens is 348 g/mol. The molecule has 1 saturated heterocycles. The second kappa shape index (κ2) is 7.17. The molecule has 0 radical (unpaired) electrons. The lowest BCUT2D eigenvalue weighted by Crippen LogP contribution is -2.37. The molecule has 7 heteroatoms. The number of amides is 1. The summed E-state index contributed by atoms with van der Waals surface area (Å²) < 4.78 is 12.9. The third-order valence-corrected chi connectivity index (χ3v) is 5.83. The minimum absolute atomic E-state index is 0.138. The van der Waals surface area contributed by atoms with Gasteiger partial charge >= 0.3 is 0 Å². The Morgan fingerprint density at radius 1 is 1.38 bits per heavy atom. The molecule has 1 aliphatic heterocycles. The Kier molecular flexibility index (Phi) is 4.74. The summed E-state index contributed by atoms with van der Waals surface area (Å²) in [7, 11) is 1.96. The van der Waals surface area contributed by atoms with E-state index in [1.54, 1.807) is 6.20 Å². The molecular formula is C19H22N4O2S.